The predicted molar refractivity (Wildman–Crippen MR) is 92.7 cm³/mol. The third-order valence-electron chi connectivity index (χ3n) is 3.99. The highest BCUT2D eigenvalue weighted by Gasteiger charge is 2.16. The molecule has 25 heavy (non-hydrogen) atoms. The Labute approximate surface area is 145 Å². The summed E-state index contributed by atoms with van der Waals surface area (Å²) in [6, 6.07) is 5.01. The largest absolute Gasteiger partial charge is 0.378 e. The second-order valence-electron chi connectivity index (χ2n) is 5.92. The number of nitrogens with one attached hydrogen (secondary N) is 1. The van der Waals surface area contributed by atoms with Gasteiger partial charge in [-0.3, -0.25) is 9.59 Å². The van der Waals surface area contributed by atoms with Gasteiger partial charge in [-0.05, 0) is 25.1 Å². The van der Waals surface area contributed by atoms with Gasteiger partial charge < -0.3 is 19.5 Å². The third-order valence-corrected chi connectivity index (χ3v) is 3.99. The van der Waals surface area contributed by atoms with Crippen LogP contribution in [0.3, 0.4) is 0 Å². The van der Waals surface area contributed by atoms with Crippen molar-refractivity contribution in [3.8, 4) is 0 Å². The molecule has 1 aliphatic heterocycles. The van der Waals surface area contributed by atoms with Crippen molar-refractivity contribution in [3.63, 3.8) is 0 Å². The molecule has 3 rings (SSSR count). The van der Waals surface area contributed by atoms with Crippen LogP contribution < -0.4 is 15.8 Å². The Morgan fingerprint density at radius 1 is 1.32 bits per heavy atom. The van der Waals surface area contributed by atoms with Crippen LogP contribution in [0.25, 0.3) is 0 Å². The lowest BCUT2D eigenvalue weighted by Gasteiger charge is -2.27. The van der Waals surface area contributed by atoms with Gasteiger partial charge in [0.2, 0.25) is 5.95 Å². The first-order chi connectivity index (χ1) is 12.0. The number of amides is 1. The van der Waals surface area contributed by atoms with Crippen molar-refractivity contribution in [1.29, 1.82) is 0 Å². The minimum Gasteiger partial charge on any atom is -0.378 e. The normalized spacial score (nSPS) is 14.4. The second-order valence-corrected chi connectivity index (χ2v) is 5.92. The molecule has 1 saturated heterocycles. The Balaban J connectivity index is 1.72. The molecule has 2 aromatic rings. The van der Waals surface area contributed by atoms with Gasteiger partial charge in [-0.2, -0.15) is 0 Å². The molecule has 0 radical (unpaired) electrons. The molecule has 0 saturated carbocycles. The van der Waals surface area contributed by atoms with Gasteiger partial charge in [0.25, 0.3) is 11.5 Å². The minimum absolute atomic E-state index is 0.115. The first kappa shape index (κ1) is 17.1. The average molecular weight is 343 g/mol. The molecular formula is C17H21N5O3. The molecule has 0 unspecified atom stereocenters. The van der Waals surface area contributed by atoms with Gasteiger partial charge >= 0.3 is 0 Å². The lowest BCUT2D eigenvalue weighted by atomic mass is 10.2. The van der Waals surface area contributed by atoms with E-state index < -0.39 is 5.91 Å². The highest BCUT2D eigenvalue weighted by atomic mass is 16.5. The second kappa shape index (κ2) is 7.43. The summed E-state index contributed by atoms with van der Waals surface area (Å²) in [6.45, 7) is 4.92. The van der Waals surface area contributed by atoms with Crippen molar-refractivity contribution >= 4 is 11.9 Å². The van der Waals surface area contributed by atoms with Crippen LogP contribution in [0.4, 0.5) is 5.95 Å². The third kappa shape index (κ3) is 4.03. The number of aryl methyl sites for hydroxylation is 2. The maximum Gasteiger partial charge on any atom is 0.263 e. The standard InChI is InChI=1S/C17H21N5O3/c1-12-10-13(20-17(19-12)22-6-8-25-9-7-22)11-18-15(23)14-4-3-5-21(2)16(14)24/h3-5,10H,6-9,11H2,1-2H3,(H,18,23). The summed E-state index contributed by atoms with van der Waals surface area (Å²) in [5.41, 5.74) is 1.32. The van der Waals surface area contributed by atoms with Gasteiger partial charge in [0.15, 0.2) is 0 Å². The van der Waals surface area contributed by atoms with E-state index in [4.69, 9.17) is 4.74 Å². The van der Waals surface area contributed by atoms with E-state index in [9.17, 15) is 9.59 Å². The minimum atomic E-state index is -0.412. The molecule has 8 heteroatoms. The van der Waals surface area contributed by atoms with Gasteiger partial charge in [-0.1, -0.05) is 0 Å². The summed E-state index contributed by atoms with van der Waals surface area (Å²) >= 11 is 0. The maximum atomic E-state index is 12.3. The Morgan fingerprint density at radius 2 is 2.08 bits per heavy atom. The topological polar surface area (TPSA) is 89.4 Å². The predicted octanol–water partition coefficient (Wildman–Crippen LogP) is 0.250. The van der Waals surface area contributed by atoms with Crippen LogP contribution in [-0.2, 0) is 18.3 Å². The fourth-order valence-corrected chi connectivity index (χ4v) is 2.65. The van der Waals surface area contributed by atoms with E-state index in [1.54, 1.807) is 19.3 Å². The van der Waals surface area contributed by atoms with E-state index in [1.165, 1.54) is 10.6 Å². The molecular weight excluding hydrogens is 322 g/mol. The Hall–Kier alpha value is -2.74. The first-order valence-electron chi connectivity index (χ1n) is 8.15. The molecule has 2 aromatic heterocycles. The van der Waals surface area contributed by atoms with Gasteiger partial charge in [0.1, 0.15) is 5.56 Å². The van der Waals surface area contributed by atoms with E-state index in [0.717, 1.165) is 18.8 Å². The number of nitrogens with zero attached hydrogens (tertiary/aromatic N) is 4. The zero-order valence-corrected chi connectivity index (χ0v) is 14.4. The van der Waals surface area contributed by atoms with E-state index in [2.05, 4.69) is 20.2 Å². The van der Waals surface area contributed by atoms with Crippen molar-refractivity contribution in [2.24, 2.45) is 7.05 Å². The van der Waals surface area contributed by atoms with Crippen LogP contribution >= 0.6 is 0 Å². The van der Waals surface area contributed by atoms with Crippen LogP contribution in [0.5, 0.6) is 0 Å². The monoisotopic (exact) mass is 343 g/mol. The smallest absolute Gasteiger partial charge is 0.263 e. The molecule has 3 heterocycles. The van der Waals surface area contributed by atoms with Crippen molar-refractivity contribution in [2.45, 2.75) is 13.5 Å². The van der Waals surface area contributed by atoms with Crippen LogP contribution in [-0.4, -0.2) is 46.7 Å². The van der Waals surface area contributed by atoms with Crippen molar-refractivity contribution in [2.75, 3.05) is 31.2 Å². The van der Waals surface area contributed by atoms with Gasteiger partial charge in [0.05, 0.1) is 25.5 Å². The molecule has 1 N–H and O–H groups in total. The highest BCUT2D eigenvalue weighted by molar-refractivity contribution is 5.93. The van der Waals surface area contributed by atoms with Gasteiger partial charge in [-0.25, -0.2) is 9.97 Å². The van der Waals surface area contributed by atoms with Crippen LogP contribution in [0.1, 0.15) is 21.7 Å². The molecule has 1 aliphatic rings. The molecule has 1 amide bonds. The molecule has 0 spiro atoms. The summed E-state index contributed by atoms with van der Waals surface area (Å²) < 4.78 is 6.72. The number of morpholine rings is 1. The van der Waals surface area contributed by atoms with E-state index >= 15 is 0 Å². The fourth-order valence-electron chi connectivity index (χ4n) is 2.65. The SMILES string of the molecule is Cc1cc(CNC(=O)c2cccn(C)c2=O)nc(N2CCOCC2)n1. The Bertz CT molecular complexity index is 827. The maximum absolute atomic E-state index is 12.3. The molecule has 1 fully saturated rings. The number of ether oxygens (including phenoxy) is 1. The molecule has 0 aliphatic carbocycles. The Morgan fingerprint density at radius 3 is 2.84 bits per heavy atom. The van der Waals surface area contributed by atoms with Gasteiger partial charge in [-0.15, -0.1) is 0 Å². The number of anilines is 1. The summed E-state index contributed by atoms with van der Waals surface area (Å²) in [7, 11) is 1.61. The van der Waals surface area contributed by atoms with Crippen LogP contribution in [0.15, 0.2) is 29.2 Å². The van der Waals surface area contributed by atoms with Crippen LogP contribution in [0, 0.1) is 6.92 Å². The number of hydrogen-bond acceptors (Lipinski definition) is 6. The molecule has 132 valence electrons. The summed E-state index contributed by atoms with van der Waals surface area (Å²) in [5, 5.41) is 2.75. The van der Waals surface area contributed by atoms with Gasteiger partial charge in [0, 0.05) is 32.0 Å². The van der Waals surface area contributed by atoms with Crippen molar-refractivity contribution in [3.05, 3.63) is 51.7 Å². The number of carbonyl (C=O) groups is 1. The van der Waals surface area contributed by atoms with Crippen LogP contribution in [0.2, 0.25) is 0 Å². The quantitative estimate of drug-likeness (QED) is 0.856. The summed E-state index contributed by atoms with van der Waals surface area (Å²) in [4.78, 5) is 35.3. The summed E-state index contributed by atoms with van der Waals surface area (Å²) in [5.74, 6) is 0.230. The number of aromatic nitrogens is 3. The number of hydrogen-bond donors (Lipinski definition) is 1. The zero-order valence-electron chi connectivity index (χ0n) is 14.4. The highest BCUT2D eigenvalue weighted by Crippen LogP contribution is 2.12. The molecule has 0 aromatic carbocycles. The van der Waals surface area contributed by atoms with Crippen molar-refractivity contribution < 1.29 is 9.53 Å². The summed E-state index contributed by atoms with van der Waals surface area (Å²) in [6.07, 6.45) is 1.61. The fraction of sp³-hybridized carbons (Fsp3) is 0.412. The van der Waals surface area contributed by atoms with Crippen molar-refractivity contribution in [1.82, 2.24) is 19.9 Å². The molecule has 8 nitrogen and oxygen atoms in total. The molecule has 0 atom stereocenters. The van der Waals surface area contributed by atoms with E-state index in [-0.39, 0.29) is 17.7 Å². The Kier molecular flexibility index (Phi) is 5.08. The lowest BCUT2D eigenvalue weighted by molar-refractivity contribution is 0.0948. The van der Waals surface area contributed by atoms with E-state index in [0.29, 0.717) is 24.9 Å². The average Bonchev–Trinajstić information content (AvgIpc) is 2.62. The zero-order chi connectivity index (χ0) is 17.8. The lowest BCUT2D eigenvalue weighted by Crippen LogP contribution is -2.37. The number of rotatable bonds is 4. The van der Waals surface area contributed by atoms with E-state index in [1.807, 2.05) is 13.0 Å². The first-order valence-corrected chi connectivity index (χ1v) is 8.15. The number of pyridine rings is 1. The number of carbonyl (C=O) groups excluding carboxylic acids is 1. The molecule has 0 bridgehead atoms.